The Kier molecular flexibility index (Phi) is 7.81. The predicted octanol–water partition coefficient (Wildman–Crippen LogP) is 3.82. The molecule has 1 aromatic carbocycles. The first kappa shape index (κ1) is 21.0. The molecule has 1 aliphatic carbocycles. The second-order valence-electron chi connectivity index (χ2n) is 7.32. The van der Waals surface area contributed by atoms with Crippen molar-refractivity contribution in [1.29, 1.82) is 0 Å². The summed E-state index contributed by atoms with van der Waals surface area (Å²) in [6.07, 6.45) is 6.57. The topological polar surface area (TPSA) is 87.3 Å². The lowest BCUT2D eigenvalue weighted by molar-refractivity contribution is -0.117. The Balaban J connectivity index is 1.37. The number of carbonyl (C=O) groups is 3. The number of amides is 3. The molecule has 0 radical (unpaired) electrons. The molecule has 2 aromatic rings. The Morgan fingerprint density at radius 1 is 0.897 bits per heavy atom. The zero-order chi connectivity index (χ0) is 20.5. The molecule has 7 heteroatoms. The summed E-state index contributed by atoms with van der Waals surface area (Å²) >= 11 is 1.38. The van der Waals surface area contributed by atoms with E-state index < -0.39 is 0 Å². The van der Waals surface area contributed by atoms with Crippen LogP contribution < -0.4 is 16.0 Å². The van der Waals surface area contributed by atoms with Crippen LogP contribution in [0.5, 0.6) is 0 Å². The van der Waals surface area contributed by atoms with Crippen molar-refractivity contribution >= 4 is 34.7 Å². The van der Waals surface area contributed by atoms with Gasteiger partial charge in [0.2, 0.25) is 5.91 Å². The first-order chi connectivity index (χ1) is 14.1. The quantitative estimate of drug-likeness (QED) is 0.575. The predicted molar refractivity (Wildman–Crippen MR) is 115 cm³/mol. The molecule has 0 bridgehead atoms. The third-order valence-electron chi connectivity index (χ3n) is 5.07. The first-order valence-electron chi connectivity index (χ1n) is 10.1. The van der Waals surface area contributed by atoms with Gasteiger partial charge in [-0.25, -0.2) is 0 Å². The Labute approximate surface area is 175 Å². The molecule has 0 unspecified atom stereocenters. The van der Waals surface area contributed by atoms with E-state index in [-0.39, 0.29) is 17.7 Å². The summed E-state index contributed by atoms with van der Waals surface area (Å²) in [5.74, 6) is 0.183. The highest BCUT2D eigenvalue weighted by Crippen LogP contribution is 2.26. The number of nitrogens with one attached hydrogen (secondary N) is 3. The molecule has 1 fully saturated rings. The van der Waals surface area contributed by atoms with Crippen molar-refractivity contribution in [2.75, 3.05) is 18.4 Å². The third kappa shape index (κ3) is 6.71. The lowest BCUT2D eigenvalue weighted by atomic mass is 9.87. The van der Waals surface area contributed by atoms with Crippen LogP contribution in [0.3, 0.4) is 0 Å². The minimum absolute atomic E-state index is 0.0376. The smallest absolute Gasteiger partial charge is 0.261 e. The summed E-state index contributed by atoms with van der Waals surface area (Å²) in [6, 6.07) is 10.4. The highest BCUT2D eigenvalue weighted by atomic mass is 32.1. The molecule has 0 saturated heterocycles. The SMILES string of the molecule is O=C(CC1CCCCC1)Nc1ccc(C(=O)NCCNC(=O)c2cccs2)cc1. The molecule has 154 valence electrons. The molecule has 0 atom stereocenters. The van der Waals surface area contributed by atoms with E-state index in [0.29, 0.717) is 41.6 Å². The van der Waals surface area contributed by atoms with Crippen molar-refractivity contribution in [2.45, 2.75) is 38.5 Å². The van der Waals surface area contributed by atoms with E-state index in [9.17, 15) is 14.4 Å². The van der Waals surface area contributed by atoms with Crippen molar-refractivity contribution in [1.82, 2.24) is 10.6 Å². The molecular weight excluding hydrogens is 386 g/mol. The Morgan fingerprint density at radius 2 is 1.59 bits per heavy atom. The van der Waals surface area contributed by atoms with Crippen LogP contribution in [0.15, 0.2) is 41.8 Å². The molecule has 29 heavy (non-hydrogen) atoms. The van der Waals surface area contributed by atoms with Crippen molar-refractivity contribution in [3.63, 3.8) is 0 Å². The van der Waals surface area contributed by atoms with E-state index in [2.05, 4.69) is 16.0 Å². The van der Waals surface area contributed by atoms with E-state index in [0.717, 1.165) is 12.8 Å². The Hall–Kier alpha value is -2.67. The van der Waals surface area contributed by atoms with Gasteiger partial charge in [-0.1, -0.05) is 25.3 Å². The van der Waals surface area contributed by atoms with Crippen LogP contribution in [0.25, 0.3) is 0 Å². The van der Waals surface area contributed by atoms with Crippen LogP contribution in [-0.4, -0.2) is 30.8 Å². The maximum atomic E-state index is 12.2. The van der Waals surface area contributed by atoms with Gasteiger partial charge in [-0.15, -0.1) is 11.3 Å². The number of carbonyl (C=O) groups excluding carboxylic acids is 3. The van der Waals surface area contributed by atoms with Gasteiger partial charge in [0.25, 0.3) is 11.8 Å². The van der Waals surface area contributed by atoms with Gasteiger partial charge >= 0.3 is 0 Å². The van der Waals surface area contributed by atoms with E-state index in [4.69, 9.17) is 0 Å². The number of hydrogen-bond acceptors (Lipinski definition) is 4. The van der Waals surface area contributed by atoms with Gasteiger partial charge in [0.15, 0.2) is 0 Å². The summed E-state index contributed by atoms with van der Waals surface area (Å²) in [5, 5.41) is 10.3. The maximum Gasteiger partial charge on any atom is 0.261 e. The van der Waals surface area contributed by atoms with Gasteiger partial charge in [-0.2, -0.15) is 0 Å². The zero-order valence-corrected chi connectivity index (χ0v) is 17.2. The maximum absolute atomic E-state index is 12.2. The van der Waals surface area contributed by atoms with E-state index in [1.54, 1.807) is 30.3 Å². The molecule has 3 amide bonds. The minimum atomic E-state index is -0.213. The molecule has 3 rings (SSSR count). The third-order valence-corrected chi connectivity index (χ3v) is 5.94. The average molecular weight is 414 g/mol. The number of benzene rings is 1. The average Bonchev–Trinajstić information content (AvgIpc) is 3.27. The van der Waals surface area contributed by atoms with E-state index >= 15 is 0 Å². The lowest BCUT2D eigenvalue weighted by Crippen LogP contribution is -2.34. The fourth-order valence-electron chi connectivity index (χ4n) is 3.52. The fourth-order valence-corrected chi connectivity index (χ4v) is 4.16. The van der Waals surface area contributed by atoms with Gasteiger partial charge in [0.1, 0.15) is 0 Å². The van der Waals surface area contributed by atoms with Gasteiger partial charge in [-0.3, -0.25) is 14.4 Å². The normalized spacial score (nSPS) is 14.2. The van der Waals surface area contributed by atoms with Gasteiger partial charge in [0.05, 0.1) is 4.88 Å². The Morgan fingerprint density at radius 3 is 2.24 bits per heavy atom. The van der Waals surface area contributed by atoms with Gasteiger partial charge in [0, 0.05) is 30.8 Å². The molecule has 1 aromatic heterocycles. The van der Waals surface area contributed by atoms with Crippen molar-refractivity contribution in [3.8, 4) is 0 Å². The van der Waals surface area contributed by atoms with Crippen molar-refractivity contribution < 1.29 is 14.4 Å². The highest BCUT2D eigenvalue weighted by Gasteiger charge is 2.17. The number of thiophene rings is 1. The van der Waals surface area contributed by atoms with Gasteiger partial charge < -0.3 is 16.0 Å². The van der Waals surface area contributed by atoms with Crippen LogP contribution in [-0.2, 0) is 4.79 Å². The van der Waals surface area contributed by atoms with Crippen LogP contribution in [0.2, 0.25) is 0 Å². The highest BCUT2D eigenvalue weighted by molar-refractivity contribution is 7.12. The molecule has 6 nitrogen and oxygen atoms in total. The molecule has 0 spiro atoms. The number of hydrogen-bond donors (Lipinski definition) is 3. The van der Waals surface area contributed by atoms with E-state index in [1.807, 2.05) is 11.4 Å². The molecule has 0 aliphatic heterocycles. The monoisotopic (exact) mass is 413 g/mol. The zero-order valence-electron chi connectivity index (χ0n) is 16.4. The van der Waals surface area contributed by atoms with Crippen LogP contribution in [0.4, 0.5) is 5.69 Å². The van der Waals surface area contributed by atoms with Crippen LogP contribution in [0.1, 0.15) is 58.6 Å². The summed E-state index contributed by atoms with van der Waals surface area (Å²) in [7, 11) is 0. The van der Waals surface area contributed by atoms with Crippen LogP contribution in [0, 0.1) is 5.92 Å². The molecule has 1 saturated carbocycles. The molecular formula is C22H27N3O3S. The lowest BCUT2D eigenvalue weighted by Gasteiger charge is -2.20. The first-order valence-corrected chi connectivity index (χ1v) is 11.0. The number of anilines is 1. The van der Waals surface area contributed by atoms with Crippen LogP contribution >= 0.6 is 11.3 Å². The van der Waals surface area contributed by atoms with E-state index in [1.165, 1.54) is 30.6 Å². The Bertz CT molecular complexity index is 812. The summed E-state index contributed by atoms with van der Waals surface area (Å²) in [5.41, 5.74) is 1.21. The number of rotatable bonds is 8. The van der Waals surface area contributed by atoms with Crippen molar-refractivity contribution in [3.05, 3.63) is 52.2 Å². The second-order valence-corrected chi connectivity index (χ2v) is 8.27. The van der Waals surface area contributed by atoms with Crippen molar-refractivity contribution in [2.24, 2.45) is 5.92 Å². The summed E-state index contributed by atoms with van der Waals surface area (Å²) < 4.78 is 0. The van der Waals surface area contributed by atoms with Gasteiger partial charge in [-0.05, 0) is 54.5 Å². The largest absolute Gasteiger partial charge is 0.350 e. The summed E-state index contributed by atoms with van der Waals surface area (Å²) in [6.45, 7) is 0.702. The fraction of sp³-hybridized carbons (Fsp3) is 0.409. The molecule has 3 N–H and O–H groups in total. The molecule has 1 aliphatic rings. The molecule has 1 heterocycles. The standard InChI is InChI=1S/C22H27N3O3S/c26-20(15-16-5-2-1-3-6-16)25-18-10-8-17(9-11-18)21(27)23-12-13-24-22(28)19-7-4-14-29-19/h4,7-11,14,16H,1-3,5-6,12-13,15H2,(H,23,27)(H,24,28)(H,25,26). The minimum Gasteiger partial charge on any atom is -0.350 e. The second kappa shape index (κ2) is 10.8. The summed E-state index contributed by atoms with van der Waals surface area (Å²) in [4.78, 5) is 36.9.